The van der Waals surface area contributed by atoms with Crippen LogP contribution in [0, 0.1) is 3.57 Å². The van der Waals surface area contributed by atoms with Crippen molar-refractivity contribution in [3.05, 3.63) is 56.5 Å². The van der Waals surface area contributed by atoms with E-state index >= 15 is 0 Å². The van der Waals surface area contributed by atoms with Gasteiger partial charge in [0.05, 0.1) is 12.7 Å². The van der Waals surface area contributed by atoms with Crippen molar-refractivity contribution in [1.82, 2.24) is 9.78 Å². The van der Waals surface area contributed by atoms with Gasteiger partial charge in [-0.3, -0.25) is 4.79 Å². The minimum absolute atomic E-state index is 0.0365. The molecule has 0 bridgehead atoms. The molecule has 1 heterocycles. The summed E-state index contributed by atoms with van der Waals surface area (Å²) < 4.78 is 2.37. The first-order valence-electron chi connectivity index (χ1n) is 5.16. The van der Waals surface area contributed by atoms with Crippen molar-refractivity contribution < 1.29 is 0 Å². The van der Waals surface area contributed by atoms with Gasteiger partial charge in [-0.1, -0.05) is 18.2 Å². The summed E-state index contributed by atoms with van der Waals surface area (Å²) in [6, 6.07) is 11.7. The van der Waals surface area contributed by atoms with Gasteiger partial charge in [-0.25, -0.2) is 4.68 Å². The van der Waals surface area contributed by atoms with Crippen molar-refractivity contribution in [2.24, 2.45) is 0 Å². The van der Waals surface area contributed by atoms with E-state index in [-0.39, 0.29) is 5.56 Å². The lowest BCUT2D eigenvalue weighted by Gasteiger charge is -2.04. The van der Waals surface area contributed by atoms with Gasteiger partial charge in [0.1, 0.15) is 0 Å². The number of aryl methyl sites for hydroxylation is 1. The molecule has 2 aromatic rings. The summed E-state index contributed by atoms with van der Waals surface area (Å²) in [6.45, 7) is 0.634. The van der Waals surface area contributed by atoms with Crippen LogP contribution in [0.4, 0.5) is 0 Å². The van der Waals surface area contributed by atoms with E-state index in [0.29, 0.717) is 6.54 Å². The van der Waals surface area contributed by atoms with Gasteiger partial charge in [-0.15, -0.1) is 11.8 Å². The normalized spacial score (nSPS) is 10.4. The molecular weight excluding hydrogens is 347 g/mol. The fourth-order valence-electron chi connectivity index (χ4n) is 1.35. The summed E-state index contributed by atoms with van der Waals surface area (Å²) in [7, 11) is 0. The van der Waals surface area contributed by atoms with Gasteiger partial charge in [0, 0.05) is 20.3 Å². The van der Waals surface area contributed by atoms with Crippen molar-refractivity contribution in [2.75, 3.05) is 5.75 Å². The van der Waals surface area contributed by atoms with E-state index < -0.39 is 0 Å². The summed E-state index contributed by atoms with van der Waals surface area (Å²) in [5.74, 6) is 0.845. The van der Waals surface area contributed by atoms with Crippen LogP contribution in [0.5, 0.6) is 0 Å². The third-order valence-corrected chi connectivity index (χ3v) is 3.73. The molecule has 0 radical (unpaired) electrons. The van der Waals surface area contributed by atoms with Gasteiger partial charge in [0.15, 0.2) is 0 Å². The lowest BCUT2D eigenvalue weighted by molar-refractivity contribution is 0.619. The minimum atomic E-state index is -0.0365. The van der Waals surface area contributed by atoms with Crippen LogP contribution < -0.4 is 5.56 Å². The maximum atomic E-state index is 11.6. The standard InChI is InChI=1S/C12H11IN2OS/c13-10-8-12(16)15(14-9-10)6-7-17-11-4-2-1-3-5-11/h1-5,8-9H,6-7H2. The lowest BCUT2D eigenvalue weighted by Crippen LogP contribution is -2.23. The van der Waals surface area contributed by atoms with E-state index in [4.69, 9.17) is 0 Å². The Morgan fingerprint density at radius 1 is 1.29 bits per heavy atom. The summed E-state index contributed by atoms with van der Waals surface area (Å²) in [5.41, 5.74) is -0.0365. The molecule has 0 atom stereocenters. The number of nitrogens with zero attached hydrogens (tertiary/aromatic N) is 2. The molecule has 1 aromatic carbocycles. The van der Waals surface area contributed by atoms with Crippen molar-refractivity contribution in [3.8, 4) is 0 Å². The van der Waals surface area contributed by atoms with Crippen LogP contribution in [0.1, 0.15) is 0 Å². The fourth-order valence-corrected chi connectivity index (χ4v) is 2.59. The molecule has 0 N–H and O–H groups in total. The average molecular weight is 358 g/mol. The highest BCUT2D eigenvalue weighted by Crippen LogP contribution is 2.16. The molecule has 0 aliphatic rings. The smallest absolute Gasteiger partial charge is 0.267 e. The summed E-state index contributed by atoms with van der Waals surface area (Å²) in [4.78, 5) is 12.8. The van der Waals surface area contributed by atoms with Crippen LogP contribution in [0.2, 0.25) is 0 Å². The quantitative estimate of drug-likeness (QED) is 0.623. The van der Waals surface area contributed by atoms with E-state index in [1.54, 1.807) is 24.0 Å². The molecule has 0 aliphatic carbocycles. The Balaban J connectivity index is 1.93. The number of hydrogen-bond donors (Lipinski definition) is 0. The molecule has 0 fully saturated rings. The number of rotatable bonds is 4. The van der Waals surface area contributed by atoms with Gasteiger partial charge >= 0.3 is 0 Å². The molecule has 0 aliphatic heterocycles. The molecule has 17 heavy (non-hydrogen) atoms. The van der Waals surface area contributed by atoms with Gasteiger partial charge in [-0.2, -0.15) is 5.10 Å². The van der Waals surface area contributed by atoms with E-state index in [1.165, 1.54) is 9.58 Å². The van der Waals surface area contributed by atoms with Gasteiger partial charge in [0.25, 0.3) is 5.56 Å². The summed E-state index contributed by atoms with van der Waals surface area (Å²) in [6.07, 6.45) is 1.70. The molecule has 0 amide bonds. The van der Waals surface area contributed by atoms with Crippen molar-refractivity contribution in [1.29, 1.82) is 0 Å². The third-order valence-electron chi connectivity index (χ3n) is 2.15. The number of hydrogen-bond acceptors (Lipinski definition) is 3. The largest absolute Gasteiger partial charge is 0.268 e. The highest BCUT2D eigenvalue weighted by Gasteiger charge is 1.99. The van der Waals surface area contributed by atoms with Crippen molar-refractivity contribution >= 4 is 34.4 Å². The second-order valence-corrected chi connectivity index (χ2v) is 5.81. The molecule has 88 valence electrons. The third kappa shape index (κ3) is 3.85. The van der Waals surface area contributed by atoms with Crippen LogP contribution in [0.3, 0.4) is 0 Å². The first kappa shape index (κ1) is 12.6. The zero-order valence-electron chi connectivity index (χ0n) is 9.04. The van der Waals surface area contributed by atoms with Gasteiger partial charge in [-0.05, 0) is 34.7 Å². The Morgan fingerprint density at radius 2 is 2.06 bits per heavy atom. The lowest BCUT2D eigenvalue weighted by atomic mass is 10.4. The van der Waals surface area contributed by atoms with Crippen molar-refractivity contribution in [3.63, 3.8) is 0 Å². The predicted molar refractivity (Wildman–Crippen MR) is 78.4 cm³/mol. The molecule has 3 nitrogen and oxygen atoms in total. The zero-order valence-corrected chi connectivity index (χ0v) is 12.0. The summed E-state index contributed by atoms with van der Waals surface area (Å²) >= 11 is 3.81. The van der Waals surface area contributed by atoms with Crippen LogP contribution in [-0.2, 0) is 6.54 Å². The highest BCUT2D eigenvalue weighted by molar-refractivity contribution is 14.1. The maximum Gasteiger partial charge on any atom is 0.267 e. The topological polar surface area (TPSA) is 34.9 Å². The molecule has 2 rings (SSSR count). The first-order chi connectivity index (χ1) is 8.25. The van der Waals surface area contributed by atoms with Crippen LogP contribution in [0.15, 0.2) is 52.3 Å². The number of aromatic nitrogens is 2. The van der Waals surface area contributed by atoms with E-state index in [9.17, 15) is 4.79 Å². The Morgan fingerprint density at radius 3 is 2.76 bits per heavy atom. The van der Waals surface area contributed by atoms with Gasteiger partial charge in [0.2, 0.25) is 0 Å². The Bertz CT molecular complexity index is 542. The molecule has 1 aromatic heterocycles. The number of halogens is 1. The molecule has 0 saturated heterocycles. The fraction of sp³-hybridized carbons (Fsp3) is 0.167. The second kappa shape index (κ2) is 6.20. The van der Waals surface area contributed by atoms with Crippen LogP contribution in [0.25, 0.3) is 0 Å². The maximum absolute atomic E-state index is 11.6. The Labute approximate surface area is 117 Å². The van der Waals surface area contributed by atoms with E-state index in [2.05, 4.69) is 39.8 Å². The SMILES string of the molecule is O=c1cc(I)cnn1CCSc1ccccc1. The van der Waals surface area contributed by atoms with Gasteiger partial charge < -0.3 is 0 Å². The number of thioether (sulfide) groups is 1. The Hall–Kier alpha value is -0.820. The summed E-state index contributed by atoms with van der Waals surface area (Å²) in [5, 5.41) is 4.09. The van der Waals surface area contributed by atoms with Crippen LogP contribution in [-0.4, -0.2) is 15.5 Å². The van der Waals surface area contributed by atoms with Crippen molar-refractivity contribution in [2.45, 2.75) is 11.4 Å². The molecule has 0 unspecified atom stereocenters. The first-order valence-corrected chi connectivity index (χ1v) is 7.22. The zero-order chi connectivity index (χ0) is 12.1. The Kier molecular flexibility index (Phi) is 4.61. The monoisotopic (exact) mass is 358 g/mol. The second-order valence-electron chi connectivity index (χ2n) is 3.40. The van der Waals surface area contributed by atoms with E-state index in [0.717, 1.165) is 9.32 Å². The number of benzene rings is 1. The molecule has 0 saturated carbocycles. The van der Waals surface area contributed by atoms with Crippen LogP contribution >= 0.6 is 34.4 Å². The average Bonchev–Trinajstić information content (AvgIpc) is 2.33. The highest BCUT2D eigenvalue weighted by atomic mass is 127. The molecular formula is C12H11IN2OS. The molecule has 5 heteroatoms. The predicted octanol–water partition coefficient (Wildman–Crippen LogP) is 2.64. The molecule has 0 spiro atoms. The van der Waals surface area contributed by atoms with E-state index in [1.807, 2.05) is 18.2 Å². The minimum Gasteiger partial charge on any atom is -0.268 e.